The second kappa shape index (κ2) is 7.16. The summed E-state index contributed by atoms with van der Waals surface area (Å²) in [6, 6.07) is 10.4. The van der Waals surface area contributed by atoms with E-state index in [0.29, 0.717) is 25.5 Å². The molecule has 0 unspecified atom stereocenters. The molecule has 4 rings (SSSR count). The number of rotatable bonds is 3. The number of benzene rings is 1. The lowest BCUT2D eigenvalue weighted by Crippen LogP contribution is -2.49. The molecule has 2 aromatic heterocycles. The average Bonchev–Trinajstić information content (AvgIpc) is 3.08. The summed E-state index contributed by atoms with van der Waals surface area (Å²) >= 11 is 0. The Kier molecular flexibility index (Phi) is 4.55. The highest BCUT2D eigenvalue weighted by Gasteiger charge is 2.22. The Balaban J connectivity index is 1.33. The van der Waals surface area contributed by atoms with E-state index in [1.807, 2.05) is 28.8 Å². The van der Waals surface area contributed by atoms with Crippen molar-refractivity contribution in [1.82, 2.24) is 19.2 Å². The number of imidazole rings is 1. The van der Waals surface area contributed by atoms with Crippen molar-refractivity contribution in [2.75, 3.05) is 31.5 Å². The molecule has 2 amide bonds. The van der Waals surface area contributed by atoms with Gasteiger partial charge in [-0.15, -0.1) is 0 Å². The first-order chi connectivity index (χ1) is 13.1. The maximum atomic E-state index is 12.6. The summed E-state index contributed by atoms with van der Waals surface area (Å²) < 4.78 is 1.84. The Hall–Kier alpha value is -3.26. The predicted octanol–water partition coefficient (Wildman–Crippen LogP) is 2.10. The number of fused-ring (bicyclic) bond motifs is 1. The molecule has 0 bridgehead atoms. The summed E-state index contributed by atoms with van der Waals surface area (Å²) in [5.41, 5.74) is 1.71. The van der Waals surface area contributed by atoms with Gasteiger partial charge >= 0.3 is 6.03 Å². The molecule has 1 aliphatic rings. The van der Waals surface area contributed by atoms with E-state index < -0.39 is 0 Å². The number of hydrogen-bond acceptors (Lipinski definition) is 5. The maximum Gasteiger partial charge on any atom is 0.323 e. The summed E-state index contributed by atoms with van der Waals surface area (Å²) in [6.07, 6.45) is 3.52. The van der Waals surface area contributed by atoms with Crippen molar-refractivity contribution in [2.45, 2.75) is 6.54 Å². The third kappa shape index (κ3) is 3.65. The molecule has 3 aromatic rings. The lowest BCUT2D eigenvalue weighted by Gasteiger charge is -2.34. The number of pyridine rings is 1. The van der Waals surface area contributed by atoms with Gasteiger partial charge in [0, 0.05) is 38.9 Å². The molecule has 0 spiro atoms. The topological polar surface area (TPSA) is 93.3 Å². The Morgan fingerprint density at radius 3 is 2.67 bits per heavy atom. The molecule has 140 valence electrons. The number of piperazine rings is 1. The van der Waals surface area contributed by atoms with Crippen molar-refractivity contribution in [2.24, 2.45) is 0 Å². The monoisotopic (exact) mass is 367 g/mol. The van der Waals surface area contributed by atoms with E-state index in [9.17, 15) is 15.0 Å². The molecule has 1 aromatic carbocycles. The SMILES string of the molecule is O=C(Nc1cnc2ccccn12)N1CCN(Cc2ccc(O)c(O)c2)CC1. The van der Waals surface area contributed by atoms with Gasteiger partial charge in [0.05, 0.1) is 6.20 Å². The number of phenolic OH excluding ortho intramolecular Hbond substituents is 2. The first-order valence-corrected chi connectivity index (χ1v) is 8.81. The van der Waals surface area contributed by atoms with E-state index in [-0.39, 0.29) is 17.5 Å². The van der Waals surface area contributed by atoms with Crippen LogP contribution in [0.5, 0.6) is 11.5 Å². The van der Waals surface area contributed by atoms with Crippen LogP contribution < -0.4 is 5.32 Å². The van der Waals surface area contributed by atoms with E-state index in [1.165, 1.54) is 6.07 Å². The molecular weight excluding hydrogens is 346 g/mol. The van der Waals surface area contributed by atoms with Gasteiger partial charge in [0.2, 0.25) is 0 Å². The summed E-state index contributed by atoms with van der Waals surface area (Å²) in [6.45, 7) is 3.38. The van der Waals surface area contributed by atoms with Crippen LogP contribution in [-0.4, -0.2) is 61.6 Å². The first-order valence-electron chi connectivity index (χ1n) is 8.81. The van der Waals surface area contributed by atoms with Crippen molar-refractivity contribution in [3.05, 3.63) is 54.4 Å². The fourth-order valence-corrected chi connectivity index (χ4v) is 3.25. The summed E-state index contributed by atoms with van der Waals surface area (Å²) in [5.74, 6) is 0.420. The van der Waals surface area contributed by atoms with Crippen molar-refractivity contribution >= 4 is 17.5 Å². The van der Waals surface area contributed by atoms with Gasteiger partial charge in [0.25, 0.3) is 0 Å². The lowest BCUT2D eigenvalue weighted by atomic mass is 10.1. The van der Waals surface area contributed by atoms with Crippen LogP contribution in [0.3, 0.4) is 0 Å². The number of aromatic hydroxyl groups is 2. The van der Waals surface area contributed by atoms with Crippen molar-refractivity contribution < 1.29 is 15.0 Å². The number of nitrogens with one attached hydrogen (secondary N) is 1. The normalized spacial score (nSPS) is 15.2. The molecule has 1 saturated heterocycles. The minimum atomic E-state index is -0.136. The van der Waals surface area contributed by atoms with Gasteiger partial charge in [0.15, 0.2) is 11.5 Å². The third-order valence-electron chi connectivity index (χ3n) is 4.76. The molecule has 0 atom stereocenters. The number of phenols is 2. The Morgan fingerprint density at radius 1 is 1.07 bits per heavy atom. The van der Waals surface area contributed by atoms with Crippen LogP contribution in [-0.2, 0) is 6.54 Å². The highest BCUT2D eigenvalue weighted by atomic mass is 16.3. The Morgan fingerprint density at radius 2 is 1.89 bits per heavy atom. The Bertz CT molecular complexity index is 963. The molecule has 0 aliphatic carbocycles. The number of nitrogens with zero attached hydrogens (tertiary/aromatic N) is 4. The standard InChI is InChI=1S/C19H21N5O3/c25-15-5-4-14(11-16(15)26)13-22-7-9-23(10-8-22)19(27)21-18-12-20-17-3-1-2-6-24(17)18/h1-6,11-12,25-26H,7-10,13H2,(H,21,27). The van der Waals surface area contributed by atoms with Gasteiger partial charge in [-0.3, -0.25) is 14.6 Å². The zero-order valence-corrected chi connectivity index (χ0v) is 14.7. The van der Waals surface area contributed by atoms with Crippen molar-refractivity contribution in [3.8, 4) is 11.5 Å². The molecule has 8 nitrogen and oxygen atoms in total. The third-order valence-corrected chi connectivity index (χ3v) is 4.76. The van der Waals surface area contributed by atoms with Crippen LogP contribution in [0.2, 0.25) is 0 Å². The van der Waals surface area contributed by atoms with Crippen LogP contribution in [0.15, 0.2) is 48.8 Å². The summed E-state index contributed by atoms with van der Waals surface area (Å²) in [4.78, 5) is 20.8. The predicted molar refractivity (Wildman–Crippen MR) is 101 cm³/mol. The van der Waals surface area contributed by atoms with E-state index in [1.54, 1.807) is 23.2 Å². The second-order valence-corrected chi connectivity index (χ2v) is 6.59. The maximum absolute atomic E-state index is 12.6. The zero-order valence-electron chi connectivity index (χ0n) is 14.7. The highest BCUT2D eigenvalue weighted by molar-refractivity contribution is 5.88. The number of carbonyl (C=O) groups is 1. The van der Waals surface area contributed by atoms with E-state index >= 15 is 0 Å². The largest absolute Gasteiger partial charge is 0.504 e. The van der Waals surface area contributed by atoms with E-state index in [2.05, 4.69) is 15.2 Å². The number of aromatic nitrogens is 2. The number of anilines is 1. The van der Waals surface area contributed by atoms with Crippen LogP contribution in [0.4, 0.5) is 10.6 Å². The van der Waals surface area contributed by atoms with E-state index in [4.69, 9.17) is 0 Å². The molecule has 0 saturated carbocycles. The number of urea groups is 1. The molecular formula is C19H21N5O3. The van der Waals surface area contributed by atoms with E-state index in [0.717, 1.165) is 24.3 Å². The van der Waals surface area contributed by atoms with Gasteiger partial charge in [-0.1, -0.05) is 12.1 Å². The fraction of sp³-hybridized carbons (Fsp3) is 0.263. The number of carbonyl (C=O) groups excluding carboxylic acids is 1. The highest BCUT2D eigenvalue weighted by Crippen LogP contribution is 2.25. The van der Waals surface area contributed by atoms with Crippen molar-refractivity contribution in [1.29, 1.82) is 0 Å². The number of hydrogen-bond donors (Lipinski definition) is 3. The van der Waals surface area contributed by atoms with Crippen molar-refractivity contribution in [3.63, 3.8) is 0 Å². The zero-order chi connectivity index (χ0) is 18.8. The molecule has 1 fully saturated rings. The van der Waals surface area contributed by atoms with Crippen LogP contribution in [0.25, 0.3) is 5.65 Å². The molecule has 3 N–H and O–H groups in total. The van der Waals surface area contributed by atoms with Gasteiger partial charge in [-0.05, 0) is 29.8 Å². The quantitative estimate of drug-likeness (QED) is 0.617. The molecule has 27 heavy (non-hydrogen) atoms. The Labute approximate surface area is 156 Å². The minimum Gasteiger partial charge on any atom is -0.504 e. The fourth-order valence-electron chi connectivity index (χ4n) is 3.25. The first kappa shape index (κ1) is 17.2. The molecule has 1 aliphatic heterocycles. The lowest BCUT2D eigenvalue weighted by molar-refractivity contribution is 0.143. The minimum absolute atomic E-state index is 0.112. The summed E-state index contributed by atoms with van der Waals surface area (Å²) in [7, 11) is 0. The average molecular weight is 367 g/mol. The molecule has 8 heteroatoms. The van der Waals surface area contributed by atoms with Gasteiger partial charge in [-0.2, -0.15) is 0 Å². The van der Waals surface area contributed by atoms with Crippen LogP contribution in [0.1, 0.15) is 5.56 Å². The van der Waals surface area contributed by atoms with Crippen LogP contribution >= 0.6 is 0 Å². The number of amides is 2. The van der Waals surface area contributed by atoms with Gasteiger partial charge in [-0.25, -0.2) is 9.78 Å². The second-order valence-electron chi connectivity index (χ2n) is 6.59. The smallest absolute Gasteiger partial charge is 0.323 e. The molecule has 0 radical (unpaired) electrons. The summed E-state index contributed by atoms with van der Waals surface area (Å²) in [5, 5.41) is 21.9. The van der Waals surface area contributed by atoms with Gasteiger partial charge in [0.1, 0.15) is 11.5 Å². The molecule has 3 heterocycles. The van der Waals surface area contributed by atoms with Gasteiger partial charge < -0.3 is 15.1 Å². The van der Waals surface area contributed by atoms with Crippen LogP contribution in [0, 0.1) is 0 Å².